The summed E-state index contributed by atoms with van der Waals surface area (Å²) < 4.78 is 0. The normalized spacial score (nSPS) is 10.5. The third-order valence-corrected chi connectivity index (χ3v) is 3.17. The van der Waals surface area contributed by atoms with Gasteiger partial charge in [0.1, 0.15) is 10.6 Å². The van der Waals surface area contributed by atoms with E-state index in [2.05, 4.69) is 20.6 Å². The van der Waals surface area contributed by atoms with Gasteiger partial charge in [-0.3, -0.25) is 4.79 Å². The molecule has 7 heteroatoms. The lowest BCUT2D eigenvalue weighted by atomic mass is 10.3. The molecule has 0 bridgehead atoms. The van der Waals surface area contributed by atoms with Gasteiger partial charge in [0, 0.05) is 19.5 Å². The first-order valence-electron chi connectivity index (χ1n) is 5.72. The molecule has 0 spiro atoms. The Labute approximate surface area is 109 Å². The zero-order valence-electron chi connectivity index (χ0n) is 10.1. The van der Waals surface area contributed by atoms with Gasteiger partial charge in [-0.25, -0.2) is 4.98 Å². The van der Waals surface area contributed by atoms with Crippen LogP contribution in [0.2, 0.25) is 0 Å². The Hall–Kier alpha value is -1.89. The van der Waals surface area contributed by atoms with E-state index < -0.39 is 0 Å². The number of hydrogen-bond acceptors (Lipinski definition) is 6. The number of hydrogen-bond donors (Lipinski definition) is 3. The van der Waals surface area contributed by atoms with Gasteiger partial charge in [-0.05, 0) is 18.4 Å². The predicted octanol–water partition coefficient (Wildman–Crippen LogP) is 1.21. The fourth-order valence-electron chi connectivity index (χ4n) is 1.59. The van der Waals surface area contributed by atoms with Crippen molar-refractivity contribution in [2.75, 3.05) is 24.1 Å². The van der Waals surface area contributed by atoms with Gasteiger partial charge in [0.15, 0.2) is 0 Å². The molecule has 2 aromatic heterocycles. The van der Waals surface area contributed by atoms with Crippen LogP contribution in [0.15, 0.2) is 11.4 Å². The third-order valence-electron chi connectivity index (χ3n) is 2.36. The van der Waals surface area contributed by atoms with E-state index in [4.69, 9.17) is 5.73 Å². The van der Waals surface area contributed by atoms with Crippen LogP contribution in [0.5, 0.6) is 0 Å². The molecule has 18 heavy (non-hydrogen) atoms. The van der Waals surface area contributed by atoms with Crippen molar-refractivity contribution in [1.82, 2.24) is 15.3 Å². The molecule has 0 radical (unpaired) electrons. The van der Waals surface area contributed by atoms with Gasteiger partial charge >= 0.3 is 0 Å². The first-order chi connectivity index (χ1) is 8.70. The first-order valence-corrected chi connectivity index (χ1v) is 6.60. The van der Waals surface area contributed by atoms with Crippen LogP contribution >= 0.6 is 11.3 Å². The van der Waals surface area contributed by atoms with E-state index in [-0.39, 0.29) is 11.9 Å². The molecule has 0 aliphatic carbocycles. The molecular weight excluding hydrogens is 250 g/mol. The zero-order valence-corrected chi connectivity index (χ0v) is 10.9. The number of thiophene rings is 1. The van der Waals surface area contributed by atoms with E-state index in [0.717, 1.165) is 10.2 Å². The van der Waals surface area contributed by atoms with Crippen LogP contribution in [-0.4, -0.2) is 29.0 Å². The average Bonchev–Trinajstić information content (AvgIpc) is 2.77. The van der Waals surface area contributed by atoms with Crippen LogP contribution in [0, 0.1) is 0 Å². The summed E-state index contributed by atoms with van der Waals surface area (Å²) in [4.78, 5) is 20.4. The monoisotopic (exact) mass is 265 g/mol. The molecule has 2 rings (SSSR count). The lowest BCUT2D eigenvalue weighted by Gasteiger charge is -2.07. The number of rotatable bonds is 5. The maximum atomic E-state index is 11.3. The number of nitrogens with two attached hydrogens (primary N) is 1. The highest BCUT2D eigenvalue weighted by atomic mass is 32.1. The number of carbonyl (C=O) groups is 1. The minimum absolute atomic E-state index is 0.0218. The van der Waals surface area contributed by atoms with Gasteiger partial charge in [0.2, 0.25) is 11.9 Å². The molecule has 0 atom stereocenters. The van der Waals surface area contributed by atoms with E-state index in [0.29, 0.717) is 25.3 Å². The van der Waals surface area contributed by atoms with Crippen LogP contribution < -0.4 is 16.4 Å². The Balaban J connectivity index is 2.03. The van der Waals surface area contributed by atoms with Gasteiger partial charge in [0.25, 0.3) is 0 Å². The van der Waals surface area contributed by atoms with Crippen molar-refractivity contribution >= 4 is 39.2 Å². The third kappa shape index (κ3) is 2.86. The molecule has 0 aliphatic rings. The summed E-state index contributed by atoms with van der Waals surface area (Å²) >= 11 is 1.51. The Morgan fingerprint density at radius 3 is 3.11 bits per heavy atom. The minimum atomic E-state index is 0.0218. The molecule has 0 unspecified atom stereocenters. The number of nitrogen functional groups attached to an aromatic ring is 1. The van der Waals surface area contributed by atoms with Gasteiger partial charge < -0.3 is 16.4 Å². The summed E-state index contributed by atoms with van der Waals surface area (Å²) in [5.41, 5.74) is 5.63. The van der Waals surface area contributed by atoms with Crippen molar-refractivity contribution in [1.29, 1.82) is 0 Å². The summed E-state index contributed by atoms with van der Waals surface area (Å²) in [7, 11) is 0. The Morgan fingerprint density at radius 1 is 1.50 bits per heavy atom. The van der Waals surface area contributed by atoms with Crippen LogP contribution in [0.3, 0.4) is 0 Å². The van der Waals surface area contributed by atoms with E-state index in [1.54, 1.807) is 0 Å². The molecule has 2 aromatic rings. The second kappa shape index (κ2) is 5.63. The van der Waals surface area contributed by atoms with Crippen molar-refractivity contribution in [3.8, 4) is 0 Å². The standard InChI is InChI=1S/C11H15N5OS/c1-2-13-8(17)3-5-14-9-7-4-6-18-10(7)16-11(12)15-9/h4,6H,2-3,5H2,1H3,(H,13,17)(H3,12,14,15,16). The number of anilines is 2. The average molecular weight is 265 g/mol. The molecule has 1 amide bonds. The highest BCUT2D eigenvalue weighted by molar-refractivity contribution is 7.16. The molecule has 0 fully saturated rings. The maximum Gasteiger partial charge on any atom is 0.223 e. The van der Waals surface area contributed by atoms with E-state index in [1.807, 2.05) is 18.4 Å². The van der Waals surface area contributed by atoms with Crippen molar-refractivity contribution in [2.24, 2.45) is 0 Å². The van der Waals surface area contributed by atoms with Gasteiger partial charge in [-0.15, -0.1) is 11.3 Å². The van der Waals surface area contributed by atoms with Crippen LogP contribution in [0.4, 0.5) is 11.8 Å². The smallest absolute Gasteiger partial charge is 0.223 e. The number of fused-ring (bicyclic) bond motifs is 1. The highest BCUT2D eigenvalue weighted by Crippen LogP contribution is 2.25. The lowest BCUT2D eigenvalue weighted by Crippen LogP contribution is -2.24. The Kier molecular flexibility index (Phi) is 3.93. The van der Waals surface area contributed by atoms with E-state index in [1.165, 1.54) is 11.3 Å². The largest absolute Gasteiger partial charge is 0.369 e. The number of carbonyl (C=O) groups excluding carboxylic acids is 1. The number of aromatic nitrogens is 2. The van der Waals surface area contributed by atoms with Gasteiger partial charge in [-0.1, -0.05) is 0 Å². The first kappa shape index (κ1) is 12.6. The Morgan fingerprint density at radius 2 is 2.33 bits per heavy atom. The molecule has 6 nitrogen and oxygen atoms in total. The Bertz CT molecular complexity index is 553. The maximum absolute atomic E-state index is 11.3. The second-order valence-electron chi connectivity index (χ2n) is 3.70. The fraction of sp³-hybridized carbons (Fsp3) is 0.364. The molecule has 0 saturated heterocycles. The van der Waals surface area contributed by atoms with Crippen molar-refractivity contribution in [3.05, 3.63) is 11.4 Å². The number of nitrogens with zero attached hydrogens (tertiary/aromatic N) is 2. The van der Waals surface area contributed by atoms with E-state index in [9.17, 15) is 4.79 Å². The SMILES string of the molecule is CCNC(=O)CCNc1nc(N)nc2sccc12. The summed E-state index contributed by atoms with van der Waals surface area (Å²) in [6.45, 7) is 3.06. The quantitative estimate of drug-likeness (QED) is 0.755. The predicted molar refractivity (Wildman–Crippen MR) is 73.6 cm³/mol. The zero-order chi connectivity index (χ0) is 13.0. The van der Waals surface area contributed by atoms with Gasteiger partial charge in [0.05, 0.1) is 5.39 Å². The fourth-order valence-corrected chi connectivity index (χ4v) is 2.36. The van der Waals surface area contributed by atoms with E-state index >= 15 is 0 Å². The summed E-state index contributed by atoms with van der Waals surface area (Å²) in [5.74, 6) is 0.946. The van der Waals surface area contributed by atoms with Crippen LogP contribution in [0.25, 0.3) is 10.2 Å². The second-order valence-corrected chi connectivity index (χ2v) is 4.59. The summed E-state index contributed by atoms with van der Waals surface area (Å²) in [6.07, 6.45) is 0.406. The summed E-state index contributed by atoms with van der Waals surface area (Å²) in [5, 5.41) is 8.73. The van der Waals surface area contributed by atoms with Crippen molar-refractivity contribution in [2.45, 2.75) is 13.3 Å². The molecular formula is C11H15N5OS. The number of nitrogens with one attached hydrogen (secondary N) is 2. The lowest BCUT2D eigenvalue weighted by molar-refractivity contribution is -0.120. The molecule has 0 saturated carbocycles. The topological polar surface area (TPSA) is 92.9 Å². The summed E-state index contributed by atoms with van der Waals surface area (Å²) in [6, 6.07) is 1.94. The van der Waals surface area contributed by atoms with Crippen LogP contribution in [-0.2, 0) is 4.79 Å². The van der Waals surface area contributed by atoms with Crippen LogP contribution in [0.1, 0.15) is 13.3 Å². The molecule has 0 aliphatic heterocycles. The highest BCUT2D eigenvalue weighted by Gasteiger charge is 2.07. The molecule has 2 heterocycles. The minimum Gasteiger partial charge on any atom is -0.369 e. The number of amides is 1. The van der Waals surface area contributed by atoms with Crippen molar-refractivity contribution < 1.29 is 4.79 Å². The molecule has 0 aromatic carbocycles. The molecule has 96 valence electrons. The van der Waals surface area contributed by atoms with Crippen molar-refractivity contribution in [3.63, 3.8) is 0 Å². The van der Waals surface area contributed by atoms with Gasteiger partial charge in [-0.2, -0.15) is 4.98 Å². The molecule has 4 N–H and O–H groups in total.